The lowest BCUT2D eigenvalue weighted by molar-refractivity contribution is 0.0935. The summed E-state index contributed by atoms with van der Waals surface area (Å²) in [5.41, 5.74) is 2.19. The van der Waals surface area contributed by atoms with Crippen LogP contribution in [0.15, 0.2) is 36.4 Å². The van der Waals surface area contributed by atoms with Gasteiger partial charge >= 0.3 is 0 Å². The Morgan fingerprint density at radius 3 is 2.25 bits per heavy atom. The first-order valence-electron chi connectivity index (χ1n) is 9.42. The molecule has 1 aliphatic rings. The minimum atomic E-state index is -0.222. The number of carbonyl (C=O) groups excluding carboxylic acids is 2. The third-order valence-corrected chi connectivity index (χ3v) is 4.56. The van der Waals surface area contributed by atoms with Crippen LogP contribution in [0.25, 0.3) is 11.1 Å². The Morgan fingerprint density at radius 1 is 0.964 bits per heavy atom. The molecule has 2 aromatic rings. The normalized spacial score (nSPS) is 13.2. The summed E-state index contributed by atoms with van der Waals surface area (Å²) in [5, 5.41) is 5.90. The first-order chi connectivity index (χ1) is 13.5. The number of ether oxygens (including phenoxy) is 2. The van der Waals surface area contributed by atoms with E-state index in [-0.39, 0.29) is 23.9 Å². The lowest BCUT2D eigenvalue weighted by atomic mass is 9.95. The molecule has 2 aromatic carbocycles. The Hall–Kier alpha value is -3.02. The van der Waals surface area contributed by atoms with Crippen molar-refractivity contribution in [3.63, 3.8) is 0 Å². The van der Waals surface area contributed by atoms with E-state index in [1.54, 1.807) is 18.2 Å². The van der Waals surface area contributed by atoms with Gasteiger partial charge in [-0.25, -0.2) is 0 Å². The number of para-hydroxylation sites is 1. The maximum absolute atomic E-state index is 12.9. The van der Waals surface area contributed by atoms with Crippen molar-refractivity contribution in [3.8, 4) is 22.6 Å². The van der Waals surface area contributed by atoms with Crippen LogP contribution < -0.4 is 20.1 Å². The Bertz CT molecular complexity index is 888. The molecule has 28 heavy (non-hydrogen) atoms. The molecule has 1 fully saturated rings. The van der Waals surface area contributed by atoms with Gasteiger partial charge in [-0.05, 0) is 38.8 Å². The average molecular weight is 382 g/mol. The molecule has 0 radical (unpaired) electrons. The molecule has 0 atom stereocenters. The Morgan fingerprint density at radius 2 is 1.64 bits per heavy atom. The smallest absolute Gasteiger partial charge is 0.255 e. The molecule has 148 valence electrons. The fourth-order valence-corrected chi connectivity index (χ4v) is 3.13. The molecule has 1 aliphatic carbocycles. The molecule has 1 saturated carbocycles. The molecule has 0 spiro atoms. The lowest BCUT2D eigenvalue weighted by Crippen LogP contribution is -2.30. The highest BCUT2D eigenvalue weighted by Crippen LogP contribution is 2.38. The van der Waals surface area contributed by atoms with Crippen LogP contribution in [0.4, 0.5) is 0 Å². The van der Waals surface area contributed by atoms with Gasteiger partial charge in [-0.2, -0.15) is 0 Å². The third-order valence-electron chi connectivity index (χ3n) is 4.56. The molecule has 6 nitrogen and oxygen atoms in total. The Kier molecular flexibility index (Phi) is 5.87. The minimum Gasteiger partial charge on any atom is -0.496 e. The topological polar surface area (TPSA) is 76.7 Å². The van der Waals surface area contributed by atoms with Crippen LogP contribution >= 0.6 is 0 Å². The Labute approximate surface area is 165 Å². The lowest BCUT2D eigenvalue weighted by Gasteiger charge is -2.18. The van der Waals surface area contributed by atoms with Gasteiger partial charge in [-0.15, -0.1) is 0 Å². The summed E-state index contributed by atoms with van der Waals surface area (Å²) in [7, 11) is 3.06. The molecule has 0 aromatic heterocycles. The highest BCUT2D eigenvalue weighted by molar-refractivity contribution is 6.06. The van der Waals surface area contributed by atoms with E-state index in [1.165, 1.54) is 14.2 Å². The average Bonchev–Trinajstić information content (AvgIpc) is 3.49. The summed E-state index contributed by atoms with van der Waals surface area (Å²) in [6, 6.07) is 11.0. The summed E-state index contributed by atoms with van der Waals surface area (Å²) in [5.74, 6) is 0.499. The monoisotopic (exact) mass is 382 g/mol. The first kappa shape index (κ1) is 19.7. The maximum Gasteiger partial charge on any atom is 0.255 e. The van der Waals surface area contributed by atoms with E-state index in [0.29, 0.717) is 33.8 Å². The number of nitrogens with one attached hydrogen (secondary N) is 2. The largest absolute Gasteiger partial charge is 0.496 e. The number of rotatable bonds is 7. The van der Waals surface area contributed by atoms with Gasteiger partial charge in [-0.3, -0.25) is 9.59 Å². The van der Waals surface area contributed by atoms with E-state index in [1.807, 2.05) is 32.0 Å². The van der Waals surface area contributed by atoms with E-state index < -0.39 is 0 Å². The second-order valence-corrected chi connectivity index (χ2v) is 7.15. The van der Waals surface area contributed by atoms with Crippen LogP contribution in [0.1, 0.15) is 47.4 Å². The zero-order chi connectivity index (χ0) is 20.3. The van der Waals surface area contributed by atoms with Crippen LogP contribution in [0.2, 0.25) is 0 Å². The molecule has 3 rings (SSSR count). The summed E-state index contributed by atoms with van der Waals surface area (Å²) >= 11 is 0. The highest BCUT2D eigenvalue weighted by atomic mass is 16.5. The molecule has 2 N–H and O–H groups in total. The van der Waals surface area contributed by atoms with E-state index in [9.17, 15) is 9.59 Å². The number of hydrogen-bond acceptors (Lipinski definition) is 4. The number of amides is 2. The van der Waals surface area contributed by atoms with E-state index in [0.717, 1.165) is 12.8 Å². The molecule has 0 bridgehead atoms. The molecule has 6 heteroatoms. The molecular formula is C22H26N2O4. The predicted octanol–water partition coefficient (Wildman–Crippen LogP) is 3.40. The second kappa shape index (κ2) is 8.33. The van der Waals surface area contributed by atoms with Crippen LogP contribution in [0.5, 0.6) is 11.5 Å². The van der Waals surface area contributed by atoms with Crippen LogP contribution in [0.3, 0.4) is 0 Å². The van der Waals surface area contributed by atoms with E-state index in [4.69, 9.17) is 9.47 Å². The van der Waals surface area contributed by atoms with Gasteiger partial charge in [0, 0.05) is 23.2 Å². The summed E-state index contributed by atoms with van der Waals surface area (Å²) in [6.07, 6.45) is 1.98. The summed E-state index contributed by atoms with van der Waals surface area (Å²) in [6.45, 7) is 3.80. The summed E-state index contributed by atoms with van der Waals surface area (Å²) < 4.78 is 11.1. The van der Waals surface area contributed by atoms with Gasteiger partial charge in [0.25, 0.3) is 11.8 Å². The maximum atomic E-state index is 12.9. The first-order valence-corrected chi connectivity index (χ1v) is 9.42. The van der Waals surface area contributed by atoms with Crippen molar-refractivity contribution >= 4 is 11.8 Å². The molecule has 0 aliphatic heterocycles. The van der Waals surface area contributed by atoms with Crippen LogP contribution in [-0.2, 0) is 0 Å². The zero-order valence-corrected chi connectivity index (χ0v) is 16.7. The van der Waals surface area contributed by atoms with Gasteiger partial charge in [0.05, 0.1) is 25.3 Å². The van der Waals surface area contributed by atoms with Crippen molar-refractivity contribution in [3.05, 3.63) is 47.5 Å². The SMILES string of the molecule is COc1cccc(-c2cccc(C(=O)NC(C)C)c2OC)c1C(=O)NC1CC1. The third kappa shape index (κ3) is 4.11. The minimum absolute atomic E-state index is 0.00226. The van der Waals surface area contributed by atoms with Gasteiger partial charge in [0.2, 0.25) is 0 Å². The fraction of sp³-hybridized carbons (Fsp3) is 0.364. The quantitative estimate of drug-likeness (QED) is 0.769. The van der Waals surface area contributed by atoms with E-state index >= 15 is 0 Å². The molecule has 0 heterocycles. The predicted molar refractivity (Wildman–Crippen MR) is 108 cm³/mol. The number of benzene rings is 2. The van der Waals surface area contributed by atoms with Gasteiger partial charge < -0.3 is 20.1 Å². The van der Waals surface area contributed by atoms with Crippen molar-refractivity contribution in [1.82, 2.24) is 10.6 Å². The van der Waals surface area contributed by atoms with Crippen molar-refractivity contribution in [1.29, 1.82) is 0 Å². The van der Waals surface area contributed by atoms with Crippen molar-refractivity contribution in [2.45, 2.75) is 38.8 Å². The standard InChI is InChI=1S/C22H26N2O4/c1-13(2)23-21(25)17-9-5-8-16(20(17)28-4)15-7-6-10-18(27-3)19(15)22(26)24-14-11-12-14/h5-10,13-14H,11-12H2,1-4H3,(H,23,25)(H,24,26). The number of carbonyl (C=O) groups is 2. The molecular weight excluding hydrogens is 356 g/mol. The number of methoxy groups -OCH3 is 2. The van der Waals surface area contributed by atoms with Gasteiger partial charge in [0.1, 0.15) is 11.5 Å². The fourth-order valence-electron chi connectivity index (χ4n) is 3.13. The van der Waals surface area contributed by atoms with Crippen LogP contribution in [-0.4, -0.2) is 38.1 Å². The molecule has 0 saturated heterocycles. The van der Waals surface area contributed by atoms with Gasteiger partial charge in [-0.1, -0.05) is 24.3 Å². The van der Waals surface area contributed by atoms with Crippen molar-refractivity contribution in [2.75, 3.05) is 14.2 Å². The zero-order valence-electron chi connectivity index (χ0n) is 16.7. The summed E-state index contributed by atoms with van der Waals surface area (Å²) in [4.78, 5) is 25.5. The second-order valence-electron chi connectivity index (χ2n) is 7.15. The number of hydrogen-bond donors (Lipinski definition) is 2. The molecule has 2 amide bonds. The van der Waals surface area contributed by atoms with Gasteiger partial charge in [0.15, 0.2) is 0 Å². The Balaban J connectivity index is 2.12. The van der Waals surface area contributed by atoms with Crippen molar-refractivity contribution < 1.29 is 19.1 Å². The van der Waals surface area contributed by atoms with E-state index in [2.05, 4.69) is 10.6 Å². The molecule has 0 unspecified atom stereocenters. The highest BCUT2D eigenvalue weighted by Gasteiger charge is 2.28. The van der Waals surface area contributed by atoms with Crippen LogP contribution in [0, 0.1) is 0 Å². The van der Waals surface area contributed by atoms with Crippen molar-refractivity contribution in [2.24, 2.45) is 0 Å².